The molecule has 1 spiro atoms. The van der Waals surface area contributed by atoms with Crippen LogP contribution in [0.1, 0.15) is 71.0 Å². The molecule has 0 radical (unpaired) electrons. The summed E-state index contributed by atoms with van der Waals surface area (Å²) in [6, 6.07) is 74.9. The lowest BCUT2D eigenvalue weighted by Crippen LogP contribution is -2.31. The molecule has 12 rings (SSSR count). The van der Waals surface area contributed by atoms with Gasteiger partial charge in [-0.3, -0.25) is 0 Å². The first-order valence-corrected chi connectivity index (χ1v) is 22.8. The van der Waals surface area contributed by atoms with Crippen LogP contribution in [0.4, 0.5) is 11.4 Å². The van der Waals surface area contributed by atoms with Gasteiger partial charge in [0.1, 0.15) is 0 Å². The molecule has 9 aromatic carbocycles. The van der Waals surface area contributed by atoms with Crippen LogP contribution in [-0.2, 0) is 10.8 Å². The molecule has 0 saturated heterocycles. The highest BCUT2D eigenvalue weighted by Gasteiger charge is 2.47. The number of hydrogen-bond acceptors (Lipinski definition) is 1. The Morgan fingerprint density at radius 1 is 0.492 bits per heavy atom. The molecule has 0 heterocycles. The van der Waals surface area contributed by atoms with Crippen LogP contribution in [0.2, 0.25) is 0 Å². The summed E-state index contributed by atoms with van der Waals surface area (Å²) < 4.78 is 0. The van der Waals surface area contributed by atoms with Crippen LogP contribution in [0.25, 0.3) is 49.9 Å². The van der Waals surface area contributed by atoms with Crippen LogP contribution >= 0.6 is 0 Å². The maximum atomic E-state index is 4.55. The molecule has 0 bridgehead atoms. The Morgan fingerprint density at radius 2 is 1.10 bits per heavy atom. The van der Waals surface area contributed by atoms with Gasteiger partial charge in [0.2, 0.25) is 0 Å². The normalized spacial score (nSPS) is 15.6. The van der Waals surface area contributed by atoms with E-state index < -0.39 is 5.41 Å². The smallest absolute Gasteiger partial charge is 0.0714 e. The molecule has 0 amide bonds. The van der Waals surface area contributed by atoms with Gasteiger partial charge in [-0.15, -0.1) is 6.58 Å². The van der Waals surface area contributed by atoms with Crippen molar-refractivity contribution in [2.75, 3.05) is 4.90 Å². The van der Waals surface area contributed by atoms with Gasteiger partial charge in [0, 0.05) is 16.8 Å². The fraction of sp³-hybridized carbons (Fsp3) is 0.129. The highest BCUT2D eigenvalue weighted by molar-refractivity contribution is 6.08. The van der Waals surface area contributed by atoms with Crippen molar-refractivity contribution >= 4 is 39.0 Å². The first kappa shape index (κ1) is 37.5. The summed E-state index contributed by atoms with van der Waals surface area (Å²) >= 11 is 0. The summed E-state index contributed by atoms with van der Waals surface area (Å²) in [5, 5.41) is 5.03. The van der Waals surface area contributed by atoms with Gasteiger partial charge in [-0.05, 0) is 126 Å². The molecule has 3 aliphatic carbocycles. The molecular weight excluding hydrogens is 759 g/mol. The Bertz CT molecular complexity index is 3200. The van der Waals surface area contributed by atoms with Crippen molar-refractivity contribution < 1.29 is 0 Å². The van der Waals surface area contributed by atoms with Crippen LogP contribution in [0.5, 0.6) is 0 Å². The van der Waals surface area contributed by atoms with E-state index in [-0.39, 0.29) is 11.5 Å². The lowest BCUT2D eigenvalue weighted by molar-refractivity contribution is 0.550. The Balaban J connectivity index is 1.02. The van der Waals surface area contributed by atoms with Crippen LogP contribution in [0.15, 0.2) is 219 Å². The second-order valence-corrected chi connectivity index (χ2v) is 17.9. The minimum Gasteiger partial charge on any atom is -0.334 e. The minimum absolute atomic E-state index is 0.0333. The first-order chi connectivity index (χ1) is 31.2. The molecule has 3 aliphatic rings. The van der Waals surface area contributed by atoms with Crippen LogP contribution in [0.3, 0.4) is 0 Å². The van der Waals surface area contributed by atoms with Gasteiger partial charge in [0.15, 0.2) is 0 Å². The molecule has 1 unspecified atom stereocenters. The van der Waals surface area contributed by atoms with Gasteiger partial charge in [-0.2, -0.15) is 0 Å². The molecular formula is C62H49N. The van der Waals surface area contributed by atoms with Crippen molar-refractivity contribution in [3.05, 3.63) is 258 Å². The Kier molecular flexibility index (Phi) is 8.94. The van der Waals surface area contributed by atoms with E-state index in [2.05, 4.69) is 230 Å². The predicted molar refractivity (Wildman–Crippen MR) is 266 cm³/mol. The van der Waals surface area contributed by atoms with Crippen LogP contribution in [0, 0.1) is 0 Å². The number of nitrogens with zero attached hydrogens (tertiary/aromatic N) is 1. The summed E-state index contributed by atoms with van der Waals surface area (Å²) in [7, 11) is 0. The average Bonchev–Trinajstić information content (AvgIpc) is 4.04. The standard InChI is InChI=1S/C62H49N/c1-2-48(26-17-20-44-21-18-32-58-60(44)55-29-12-13-30-56(55)61(58)39-15-16-40-61)63(49-35-37-52-45(41-49)34-33-43-19-9-10-27-51(43)52)50-36-38-54-53-28-11-14-31-57(53)62(59(54)42-50,46-22-5-3-6-23-46)47-24-7-4-8-25-47/h2-14,17-25,27-38,41-42,48H,1,15-16,26,39-40H2/b20-17+. The number of rotatable bonds is 9. The van der Waals surface area contributed by atoms with Crippen molar-refractivity contribution in [3.63, 3.8) is 0 Å². The summed E-state index contributed by atoms with van der Waals surface area (Å²) in [5.41, 5.74) is 16.9. The van der Waals surface area contributed by atoms with Crippen molar-refractivity contribution in [1.82, 2.24) is 0 Å². The maximum Gasteiger partial charge on any atom is 0.0714 e. The fourth-order valence-electron chi connectivity index (χ4n) is 12.1. The summed E-state index contributed by atoms with van der Waals surface area (Å²) in [6.45, 7) is 4.55. The van der Waals surface area contributed by atoms with Gasteiger partial charge >= 0.3 is 0 Å². The second kappa shape index (κ2) is 15.0. The number of benzene rings is 9. The van der Waals surface area contributed by atoms with Crippen molar-refractivity contribution in [1.29, 1.82) is 0 Å². The fourth-order valence-corrected chi connectivity index (χ4v) is 12.1. The molecule has 0 N–H and O–H groups in total. The predicted octanol–water partition coefficient (Wildman–Crippen LogP) is 16.0. The first-order valence-electron chi connectivity index (χ1n) is 22.8. The van der Waals surface area contributed by atoms with Gasteiger partial charge in [0.05, 0.1) is 11.5 Å². The maximum absolute atomic E-state index is 4.55. The van der Waals surface area contributed by atoms with Gasteiger partial charge in [-0.25, -0.2) is 0 Å². The number of hydrogen-bond donors (Lipinski definition) is 0. The summed E-state index contributed by atoms with van der Waals surface area (Å²) in [6.07, 6.45) is 12.8. The van der Waals surface area contributed by atoms with E-state index in [1.54, 1.807) is 0 Å². The van der Waals surface area contributed by atoms with Crippen molar-refractivity contribution in [3.8, 4) is 22.3 Å². The Morgan fingerprint density at radius 3 is 1.87 bits per heavy atom. The molecule has 1 heteroatoms. The Labute approximate surface area is 371 Å². The third-order valence-electron chi connectivity index (χ3n) is 14.8. The van der Waals surface area contributed by atoms with E-state index >= 15 is 0 Å². The molecule has 302 valence electrons. The van der Waals surface area contributed by atoms with Gasteiger partial charge in [-0.1, -0.05) is 207 Å². The largest absolute Gasteiger partial charge is 0.334 e. The molecule has 1 saturated carbocycles. The lowest BCUT2D eigenvalue weighted by atomic mass is 9.67. The molecule has 1 fully saturated rings. The van der Waals surface area contributed by atoms with E-state index in [9.17, 15) is 0 Å². The highest BCUT2D eigenvalue weighted by atomic mass is 15.2. The van der Waals surface area contributed by atoms with Gasteiger partial charge < -0.3 is 4.90 Å². The zero-order valence-corrected chi connectivity index (χ0v) is 35.6. The zero-order valence-electron chi connectivity index (χ0n) is 35.6. The topological polar surface area (TPSA) is 3.24 Å². The number of anilines is 2. The Hall–Kier alpha value is -7.22. The summed E-state index contributed by atoms with van der Waals surface area (Å²) in [4.78, 5) is 2.54. The van der Waals surface area contributed by atoms with Crippen LogP contribution < -0.4 is 4.90 Å². The van der Waals surface area contributed by atoms with Gasteiger partial charge in [0.25, 0.3) is 0 Å². The third-order valence-corrected chi connectivity index (χ3v) is 14.8. The molecule has 0 aromatic heterocycles. The van der Waals surface area contributed by atoms with Crippen molar-refractivity contribution in [2.24, 2.45) is 0 Å². The number of fused-ring (bicyclic) bond motifs is 11. The second-order valence-electron chi connectivity index (χ2n) is 17.9. The lowest BCUT2D eigenvalue weighted by Gasteiger charge is -2.36. The molecule has 1 nitrogen and oxygen atoms in total. The van der Waals surface area contributed by atoms with E-state index in [0.29, 0.717) is 0 Å². The highest BCUT2D eigenvalue weighted by Crippen LogP contribution is 2.59. The molecule has 63 heavy (non-hydrogen) atoms. The monoisotopic (exact) mass is 807 g/mol. The quantitative estimate of drug-likeness (QED) is 0.104. The van der Waals surface area contributed by atoms with E-state index in [1.807, 2.05) is 0 Å². The molecule has 9 aromatic rings. The third kappa shape index (κ3) is 5.69. The SMILES string of the molecule is C=CC(C/C=C/c1cccc2c1-c1ccccc1C21CCCC1)N(c1ccc2c(c1)C(c1ccccc1)(c1ccccc1)c1ccccc1-2)c1ccc2c(ccc3ccccc32)c1. The summed E-state index contributed by atoms with van der Waals surface area (Å²) in [5.74, 6) is 0. The van der Waals surface area contributed by atoms with E-state index in [1.165, 1.54) is 108 Å². The van der Waals surface area contributed by atoms with E-state index in [0.717, 1.165) is 17.8 Å². The van der Waals surface area contributed by atoms with E-state index in [4.69, 9.17) is 0 Å². The molecule has 0 aliphatic heterocycles. The molecule has 1 atom stereocenters. The van der Waals surface area contributed by atoms with Crippen molar-refractivity contribution in [2.45, 2.75) is 49.0 Å². The zero-order chi connectivity index (χ0) is 42.0. The average molecular weight is 808 g/mol. The minimum atomic E-state index is -0.497. The van der Waals surface area contributed by atoms with Crippen LogP contribution in [-0.4, -0.2) is 6.04 Å².